The molecular weight excluding hydrogens is 362 g/mol. The molecule has 0 N–H and O–H groups in total. The highest BCUT2D eigenvalue weighted by atomic mass is 32.1. The minimum atomic E-state index is -0.439. The van der Waals surface area contributed by atoms with Gasteiger partial charge in [-0.3, -0.25) is 19.5 Å². The van der Waals surface area contributed by atoms with Gasteiger partial charge in [0.2, 0.25) is 0 Å². The van der Waals surface area contributed by atoms with Gasteiger partial charge in [-0.05, 0) is 30.2 Å². The van der Waals surface area contributed by atoms with E-state index in [0.29, 0.717) is 16.8 Å². The third-order valence-electron chi connectivity index (χ3n) is 4.39. The largest absolute Gasteiger partial charge is 0.294 e. The van der Waals surface area contributed by atoms with E-state index in [1.54, 1.807) is 23.0 Å². The van der Waals surface area contributed by atoms with Crippen LogP contribution in [-0.2, 0) is 6.54 Å². The third kappa shape index (κ3) is 3.24. The van der Waals surface area contributed by atoms with Crippen molar-refractivity contribution in [3.05, 3.63) is 91.8 Å². The number of benzene rings is 2. The van der Waals surface area contributed by atoms with Crippen LogP contribution in [0.4, 0.5) is 5.69 Å². The van der Waals surface area contributed by atoms with Crippen molar-refractivity contribution in [1.29, 1.82) is 0 Å². The number of thiophene rings is 1. The lowest BCUT2D eigenvalue weighted by Gasteiger charge is -2.07. The summed E-state index contributed by atoms with van der Waals surface area (Å²) in [7, 11) is 0. The number of nitro groups is 1. The van der Waals surface area contributed by atoms with Gasteiger partial charge in [-0.1, -0.05) is 29.8 Å². The predicted molar refractivity (Wildman–Crippen MR) is 106 cm³/mol. The van der Waals surface area contributed by atoms with Crippen LogP contribution < -0.4 is 5.56 Å². The maximum absolute atomic E-state index is 13.1. The average molecular weight is 377 g/mol. The molecule has 4 rings (SSSR count). The quantitative estimate of drug-likeness (QED) is 0.390. The Bertz CT molecular complexity index is 1210. The Labute approximate surface area is 158 Å². The van der Waals surface area contributed by atoms with E-state index in [0.717, 1.165) is 22.3 Å². The molecule has 134 valence electrons. The van der Waals surface area contributed by atoms with Crippen LogP contribution in [-0.4, -0.2) is 14.5 Å². The Morgan fingerprint density at radius 3 is 2.67 bits per heavy atom. The Kier molecular flexibility index (Phi) is 4.29. The lowest BCUT2D eigenvalue weighted by Crippen LogP contribution is -2.21. The van der Waals surface area contributed by atoms with Crippen LogP contribution in [0.15, 0.2) is 65.0 Å². The number of hydrogen-bond donors (Lipinski definition) is 0. The molecule has 4 aromatic rings. The second-order valence-corrected chi connectivity index (χ2v) is 7.16. The van der Waals surface area contributed by atoms with Crippen molar-refractivity contribution in [2.75, 3.05) is 0 Å². The van der Waals surface area contributed by atoms with Crippen molar-refractivity contribution in [1.82, 2.24) is 9.55 Å². The van der Waals surface area contributed by atoms with Crippen molar-refractivity contribution in [2.45, 2.75) is 13.5 Å². The molecule has 2 aromatic heterocycles. The molecule has 0 aliphatic carbocycles. The normalized spacial score (nSPS) is 11.0. The highest BCUT2D eigenvalue weighted by Gasteiger charge is 2.14. The van der Waals surface area contributed by atoms with Crippen LogP contribution in [0, 0.1) is 17.0 Å². The molecule has 0 fully saturated rings. The molecule has 0 aliphatic rings. The molecule has 0 bridgehead atoms. The Balaban J connectivity index is 1.79. The standard InChI is InChI=1S/C20H15N3O3S/c1-13-3-2-4-14(9-13)10-22-12-21-19-18(20(22)24)17(11-27-19)15-5-7-16(8-6-15)23(25)26/h2-9,11-12H,10H2,1H3. The van der Waals surface area contributed by atoms with Gasteiger partial charge in [0.05, 0.1) is 23.2 Å². The van der Waals surface area contributed by atoms with Crippen LogP contribution in [0.2, 0.25) is 0 Å². The first kappa shape index (κ1) is 17.1. The maximum Gasteiger partial charge on any atom is 0.269 e. The molecule has 0 radical (unpaired) electrons. The lowest BCUT2D eigenvalue weighted by molar-refractivity contribution is -0.384. The number of hydrogen-bond acceptors (Lipinski definition) is 5. The summed E-state index contributed by atoms with van der Waals surface area (Å²) in [5, 5.41) is 13.3. The zero-order valence-corrected chi connectivity index (χ0v) is 15.3. The van der Waals surface area contributed by atoms with Gasteiger partial charge in [-0.15, -0.1) is 11.3 Å². The Morgan fingerprint density at radius 1 is 1.19 bits per heavy atom. The van der Waals surface area contributed by atoms with Gasteiger partial charge in [0, 0.05) is 23.1 Å². The molecule has 6 nitrogen and oxygen atoms in total. The molecule has 0 amide bonds. The van der Waals surface area contributed by atoms with E-state index in [1.165, 1.54) is 23.5 Å². The van der Waals surface area contributed by atoms with E-state index < -0.39 is 4.92 Å². The number of aromatic nitrogens is 2. The van der Waals surface area contributed by atoms with Gasteiger partial charge in [-0.2, -0.15) is 0 Å². The molecule has 0 unspecified atom stereocenters. The van der Waals surface area contributed by atoms with Gasteiger partial charge in [0.1, 0.15) is 4.83 Å². The van der Waals surface area contributed by atoms with E-state index in [2.05, 4.69) is 4.98 Å². The molecule has 2 aromatic carbocycles. The van der Waals surface area contributed by atoms with Crippen molar-refractivity contribution < 1.29 is 4.92 Å². The summed E-state index contributed by atoms with van der Waals surface area (Å²) in [6.45, 7) is 2.46. The molecule has 0 spiro atoms. The number of aryl methyl sites for hydroxylation is 1. The fourth-order valence-corrected chi connectivity index (χ4v) is 3.97. The number of nitro benzene ring substituents is 1. The van der Waals surface area contributed by atoms with E-state index >= 15 is 0 Å². The van der Waals surface area contributed by atoms with Crippen LogP contribution in [0.25, 0.3) is 21.3 Å². The fraction of sp³-hybridized carbons (Fsp3) is 0.100. The summed E-state index contributed by atoms with van der Waals surface area (Å²) in [6.07, 6.45) is 1.57. The Hall–Kier alpha value is -3.32. The number of nitrogens with zero attached hydrogens (tertiary/aromatic N) is 3. The van der Waals surface area contributed by atoms with E-state index in [-0.39, 0.29) is 11.2 Å². The molecule has 0 saturated heterocycles. The topological polar surface area (TPSA) is 78.0 Å². The molecule has 2 heterocycles. The van der Waals surface area contributed by atoms with Crippen LogP contribution in [0.5, 0.6) is 0 Å². The summed E-state index contributed by atoms with van der Waals surface area (Å²) in [6, 6.07) is 14.2. The first-order valence-electron chi connectivity index (χ1n) is 8.30. The lowest BCUT2D eigenvalue weighted by atomic mass is 10.1. The molecule has 7 heteroatoms. The van der Waals surface area contributed by atoms with Gasteiger partial charge < -0.3 is 0 Å². The smallest absolute Gasteiger partial charge is 0.269 e. The van der Waals surface area contributed by atoms with Crippen LogP contribution in [0.3, 0.4) is 0 Å². The summed E-state index contributed by atoms with van der Waals surface area (Å²) < 4.78 is 1.60. The third-order valence-corrected chi connectivity index (χ3v) is 5.27. The minimum absolute atomic E-state index is 0.0215. The van der Waals surface area contributed by atoms with Gasteiger partial charge in [0.15, 0.2) is 0 Å². The highest BCUT2D eigenvalue weighted by Crippen LogP contribution is 2.31. The minimum Gasteiger partial charge on any atom is -0.294 e. The van der Waals surface area contributed by atoms with Crippen LogP contribution in [0.1, 0.15) is 11.1 Å². The van der Waals surface area contributed by atoms with Gasteiger partial charge in [0.25, 0.3) is 11.2 Å². The van der Waals surface area contributed by atoms with E-state index in [1.807, 2.05) is 36.6 Å². The zero-order valence-electron chi connectivity index (χ0n) is 14.5. The van der Waals surface area contributed by atoms with Gasteiger partial charge >= 0.3 is 0 Å². The molecular formula is C20H15N3O3S. The fourth-order valence-electron chi connectivity index (χ4n) is 3.06. The maximum atomic E-state index is 13.1. The van der Waals surface area contributed by atoms with Crippen LogP contribution >= 0.6 is 11.3 Å². The summed E-state index contributed by atoms with van der Waals surface area (Å²) in [5.41, 5.74) is 3.59. The number of rotatable bonds is 4. The SMILES string of the molecule is Cc1cccc(Cn2cnc3scc(-c4ccc([N+](=O)[O-])cc4)c3c2=O)c1. The molecule has 0 atom stereocenters. The summed E-state index contributed by atoms with van der Waals surface area (Å²) >= 11 is 1.39. The second kappa shape index (κ2) is 6.77. The molecule has 0 aliphatic heterocycles. The van der Waals surface area contributed by atoms with Crippen molar-refractivity contribution >= 4 is 27.2 Å². The Morgan fingerprint density at radius 2 is 1.96 bits per heavy atom. The van der Waals surface area contributed by atoms with E-state index in [4.69, 9.17) is 0 Å². The monoisotopic (exact) mass is 377 g/mol. The second-order valence-electron chi connectivity index (χ2n) is 6.30. The number of fused-ring (bicyclic) bond motifs is 1. The van der Waals surface area contributed by atoms with E-state index in [9.17, 15) is 14.9 Å². The van der Waals surface area contributed by atoms with Crippen molar-refractivity contribution in [3.63, 3.8) is 0 Å². The van der Waals surface area contributed by atoms with Gasteiger partial charge in [-0.25, -0.2) is 4.98 Å². The summed E-state index contributed by atoms with van der Waals surface area (Å²) in [5.74, 6) is 0. The first-order chi connectivity index (χ1) is 13.0. The molecule has 27 heavy (non-hydrogen) atoms. The summed E-state index contributed by atoms with van der Waals surface area (Å²) in [4.78, 5) is 28.6. The zero-order chi connectivity index (χ0) is 19.0. The molecule has 0 saturated carbocycles. The highest BCUT2D eigenvalue weighted by molar-refractivity contribution is 7.17. The first-order valence-corrected chi connectivity index (χ1v) is 9.18. The predicted octanol–water partition coefficient (Wildman–Crippen LogP) is 4.39. The van der Waals surface area contributed by atoms with Crippen molar-refractivity contribution in [2.24, 2.45) is 0 Å². The average Bonchev–Trinajstić information content (AvgIpc) is 3.09. The number of non-ortho nitro benzene ring substituents is 1. The van der Waals surface area contributed by atoms with Crippen molar-refractivity contribution in [3.8, 4) is 11.1 Å².